The molecule has 0 spiro atoms. The summed E-state index contributed by atoms with van der Waals surface area (Å²) in [6.07, 6.45) is 0. The zero-order valence-electron chi connectivity index (χ0n) is 26.1. The van der Waals surface area contributed by atoms with E-state index in [1.54, 1.807) is 0 Å². The molecule has 0 aliphatic rings. The Hall–Kier alpha value is -6.46. The lowest BCUT2D eigenvalue weighted by molar-refractivity contribution is 1.17. The first-order valence-corrected chi connectivity index (χ1v) is 18.0. The standard InChI is InChI=1S/C44H29N3Si/c45-30-32-28-29-42(47-40-25-13-10-22-36(40)37-23-11-14-26-41(37)47)39(31-46)44(32)38-24-12-15-27-43(38)48(33-16-4-1-5-17-33,34-18-6-2-7-19-34)35-20-8-3-9-21-35/h1-29H. The van der Waals surface area contributed by atoms with Crippen LogP contribution in [0.5, 0.6) is 0 Å². The normalized spacial score (nSPS) is 11.3. The quantitative estimate of drug-likeness (QED) is 0.141. The van der Waals surface area contributed by atoms with Crippen molar-refractivity contribution in [2.75, 3.05) is 0 Å². The minimum absolute atomic E-state index is 0.473. The summed E-state index contributed by atoms with van der Waals surface area (Å²) in [4.78, 5) is 0. The summed E-state index contributed by atoms with van der Waals surface area (Å²) in [5.41, 5.74) is 5.29. The van der Waals surface area contributed by atoms with E-state index in [1.807, 2.05) is 42.5 Å². The molecule has 8 rings (SSSR count). The maximum atomic E-state index is 11.1. The average Bonchev–Trinajstić information content (AvgIpc) is 3.50. The van der Waals surface area contributed by atoms with E-state index in [0.717, 1.165) is 38.2 Å². The molecule has 0 N–H and O–H groups in total. The van der Waals surface area contributed by atoms with Crippen molar-refractivity contribution in [2.45, 2.75) is 0 Å². The largest absolute Gasteiger partial charge is 0.308 e. The van der Waals surface area contributed by atoms with E-state index in [9.17, 15) is 10.5 Å². The summed E-state index contributed by atoms with van der Waals surface area (Å²) in [5.74, 6) is 0. The molecule has 8 aromatic rings. The zero-order valence-corrected chi connectivity index (χ0v) is 27.1. The maximum absolute atomic E-state index is 11.1. The average molecular weight is 628 g/mol. The van der Waals surface area contributed by atoms with Crippen LogP contribution in [0.15, 0.2) is 176 Å². The fourth-order valence-electron chi connectivity index (χ4n) is 7.51. The number of hydrogen-bond acceptors (Lipinski definition) is 2. The molecule has 0 radical (unpaired) electrons. The fraction of sp³-hybridized carbons (Fsp3) is 0. The highest BCUT2D eigenvalue weighted by molar-refractivity contribution is 7.20. The number of para-hydroxylation sites is 2. The third-order valence-electron chi connectivity index (χ3n) is 9.46. The Morgan fingerprint density at radius 1 is 0.438 bits per heavy atom. The van der Waals surface area contributed by atoms with Crippen LogP contribution in [0.3, 0.4) is 0 Å². The molecule has 0 aliphatic carbocycles. The highest BCUT2D eigenvalue weighted by Gasteiger charge is 2.43. The molecule has 48 heavy (non-hydrogen) atoms. The Kier molecular flexibility index (Phi) is 7.27. The minimum atomic E-state index is -3.00. The Bertz CT molecular complexity index is 2370. The molecular formula is C44H29N3Si. The number of nitrogens with zero attached hydrogens (tertiary/aromatic N) is 3. The predicted octanol–water partition coefficient (Wildman–Crippen LogP) is 7.57. The van der Waals surface area contributed by atoms with E-state index in [2.05, 4.69) is 150 Å². The lowest BCUT2D eigenvalue weighted by atomic mass is 9.93. The first-order valence-electron chi connectivity index (χ1n) is 16.0. The number of aromatic nitrogens is 1. The van der Waals surface area contributed by atoms with Crippen molar-refractivity contribution in [3.05, 3.63) is 187 Å². The molecule has 0 fully saturated rings. The summed E-state index contributed by atoms with van der Waals surface area (Å²) in [7, 11) is -3.00. The highest BCUT2D eigenvalue weighted by atomic mass is 28.3. The Labute approximate surface area is 280 Å². The number of nitriles is 2. The smallest absolute Gasteiger partial charge is 0.180 e. The second-order valence-corrected chi connectivity index (χ2v) is 15.6. The molecule has 0 saturated heterocycles. The van der Waals surface area contributed by atoms with Gasteiger partial charge in [0.15, 0.2) is 8.07 Å². The van der Waals surface area contributed by atoms with E-state index < -0.39 is 8.07 Å². The van der Waals surface area contributed by atoms with E-state index in [1.165, 1.54) is 15.6 Å². The molecule has 4 heteroatoms. The van der Waals surface area contributed by atoms with Crippen LogP contribution in [0.2, 0.25) is 0 Å². The van der Waals surface area contributed by atoms with Gasteiger partial charge in [-0.2, -0.15) is 10.5 Å². The van der Waals surface area contributed by atoms with Crippen molar-refractivity contribution in [2.24, 2.45) is 0 Å². The van der Waals surface area contributed by atoms with Crippen LogP contribution < -0.4 is 20.7 Å². The monoisotopic (exact) mass is 627 g/mol. The van der Waals surface area contributed by atoms with Crippen molar-refractivity contribution >= 4 is 50.6 Å². The molecule has 0 saturated carbocycles. The summed E-state index contributed by atoms with van der Waals surface area (Å²) >= 11 is 0. The van der Waals surface area contributed by atoms with Crippen LogP contribution in [0.1, 0.15) is 11.1 Å². The summed E-state index contributed by atoms with van der Waals surface area (Å²) in [6, 6.07) is 66.1. The molecule has 0 aliphatic heterocycles. The number of rotatable bonds is 6. The summed E-state index contributed by atoms with van der Waals surface area (Å²) in [6.45, 7) is 0. The first-order chi connectivity index (χ1) is 23.8. The molecule has 0 unspecified atom stereocenters. The van der Waals surface area contributed by atoms with Gasteiger partial charge in [0, 0.05) is 16.3 Å². The van der Waals surface area contributed by atoms with Gasteiger partial charge >= 0.3 is 0 Å². The highest BCUT2D eigenvalue weighted by Crippen LogP contribution is 2.37. The van der Waals surface area contributed by atoms with Crippen LogP contribution in [0.4, 0.5) is 0 Å². The number of fused-ring (bicyclic) bond motifs is 3. The van der Waals surface area contributed by atoms with Crippen molar-refractivity contribution < 1.29 is 0 Å². The summed E-state index contributed by atoms with van der Waals surface area (Å²) < 4.78 is 2.17. The first kappa shape index (κ1) is 29.0. The number of hydrogen-bond donors (Lipinski definition) is 0. The predicted molar refractivity (Wildman–Crippen MR) is 199 cm³/mol. The zero-order chi connectivity index (χ0) is 32.5. The van der Waals surface area contributed by atoms with E-state index in [4.69, 9.17) is 0 Å². The van der Waals surface area contributed by atoms with Gasteiger partial charge in [-0.25, -0.2) is 0 Å². The lowest BCUT2D eigenvalue weighted by Crippen LogP contribution is -2.75. The topological polar surface area (TPSA) is 52.5 Å². The van der Waals surface area contributed by atoms with Crippen LogP contribution in [-0.2, 0) is 0 Å². The van der Waals surface area contributed by atoms with Crippen molar-refractivity contribution in [3.63, 3.8) is 0 Å². The van der Waals surface area contributed by atoms with E-state index in [0.29, 0.717) is 16.7 Å². The van der Waals surface area contributed by atoms with Crippen LogP contribution in [0, 0.1) is 22.7 Å². The van der Waals surface area contributed by atoms with Gasteiger partial charge in [0.05, 0.1) is 33.9 Å². The van der Waals surface area contributed by atoms with Crippen molar-refractivity contribution in [1.29, 1.82) is 10.5 Å². The second-order valence-electron chi connectivity index (χ2n) is 11.9. The Morgan fingerprint density at radius 3 is 1.40 bits per heavy atom. The van der Waals surface area contributed by atoms with Crippen LogP contribution in [-0.4, -0.2) is 12.6 Å². The van der Waals surface area contributed by atoms with Gasteiger partial charge in [0.1, 0.15) is 6.07 Å². The van der Waals surface area contributed by atoms with Crippen molar-refractivity contribution in [1.82, 2.24) is 4.57 Å². The minimum Gasteiger partial charge on any atom is -0.308 e. The number of benzene rings is 7. The third kappa shape index (κ3) is 4.40. The molecule has 1 aromatic heterocycles. The Morgan fingerprint density at radius 2 is 0.896 bits per heavy atom. The van der Waals surface area contributed by atoms with Gasteiger partial charge in [-0.3, -0.25) is 0 Å². The molecule has 3 nitrogen and oxygen atoms in total. The second kappa shape index (κ2) is 12.0. The van der Waals surface area contributed by atoms with Gasteiger partial charge in [0.2, 0.25) is 0 Å². The van der Waals surface area contributed by atoms with Crippen molar-refractivity contribution in [3.8, 4) is 29.0 Å². The van der Waals surface area contributed by atoms with E-state index >= 15 is 0 Å². The van der Waals surface area contributed by atoms with Crippen LogP contribution >= 0.6 is 0 Å². The maximum Gasteiger partial charge on any atom is 0.180 e. The third-order valence-corrected chi connectivity index (χ3v) is 14.3. The van der Waals surface area contributed by atoms with Crippen LogP contribution in [0.25, 0.3) is 38.6 Å². The lowest BCUT2D eigenvalue weighted by Gasteiger charge is -2.36. The molecular weight excluding hydrogens is 599 g/mol. The van der Waals surface area contributed by atoms with Gasteiger partial charge in [-0.1, -0.05) is 152 Å². The van der Waals surface area contributed by atoms with Gasteiger partial charge in [-0.05, 0) is 50.6 Å². The summed E-state index contributed by atoms with van der Waals surface area (Å²) in [5, 5.41) is 28.8. The molecule has 224 valence electrons. The molecule has 1 heterocycles. The SMILES string of the molecule is N#Cc1ccc(-n2c3ccccc3c3ccccc32)c(C#N)c1-c1ccccc1[Si](c1ccccc1)(c1ccccc1)c1ccccc1. The molecule has 7 aromatic carbocycles. The van der Waals surface area contributed by atoms with Gasteiger partial charge < -0.3 is 4.57 Å². The molecule has 0 amide bonds. The van der Waals surface area contributed by atoms with Gasteiger partial charge in [0.25, 0.3) is 0 Å². The van der Waals surface area contributed by atoms with Gasteiger partial charge in [-0.15, -0.1) is 0 Å². The van der Waals surface area contributed by atoms with E-state index in [-0.39, 0.29) is 0 Å². The molecule has 0 bridgehead atoms. The fourth-order valence-corrected chi connectivity index (χ4v) is 12.5. The molecule has 0 atom stereocenters. The Balaban J connectivity index is 1.52.